The van der Waals surface area contributed by atoms with Crippen LogP contribution in [-0.2, 0) is 4.79 Å². The van der Waals surface area contributed by atoms with Gasteiger partial charge in [-0.25, -0.2) is 14.4 Å². The van der Waals surface area contributed by atoms with Crippen molar-refractivity contribution in [2.45, 2.75) is 19.9 Å². The maximum atomic E-state index is 14.7. The highest BCUT2D eigenvalue weighted by Gasteiger charge is 2.33. The Labute approximate surface area is 219 Å². The molecule has 0 unspecified atom stereocenters. The first-order valence-electron chi connectivity index (χ1n) is 12.0. The topological polar surface area (TPSA) is 104 Å². The summed E-state index contributed by atoms with van der Waals surface area (Å²) in [5.74, 6) is 0.975. The Morgan fingerprint density at radius 2 is 2.14 bits per heavy atom. The molecule has 2 aliphatic rings. The Kier molecular flexibility index (Phi) is 6.68. The van der Waals surface area contributed by atoms with E-state index in [-0.39, 0.29) is 23.5 Å². The summed E-state index contributed by atoms with van der Waals surface area (Å²) in [6.07, 6.45) is 3.28. The Morgan fingerprint density at radius 3 is 2.84 bits per heavy atom. The third-order valence-corrected chi connectivity index (χ3v) is 7.26. The number of amides is 1. The summed E-state index contributed by atoms with van der Waals surface area (Å²) in [7, 11) is 1.50. The van der Waals surface area contributed by atoms with Crippen molar-refractivity contribution in [2.24, 2.45) is 0 Å². The molecule has 1 amide bonds. The number of piperazine rings is 1. The minimum Gasteiger partial charge on any atom is -0.495 e. The van der Waals surface area contributed by atoms with Crippen LogP contribution in [-0.4, -0.2) is 71.6 Å². The molecular formula is C26H29ClFN7O2. The lowest BCUT2D eigenvalue weighted by atomic mass is 9.94. The van der Waals surface area contributed by atoms with E-state index in [1.54, 1.807) is 6.07 Å². The SMILES string of the molecule is COc1cc(N2CCN(C(=O)CN3CC(C)=C(c4ccc[nH]4)c4c(N)ncnc43)[C@@H](C)C2)c(F)cc1Cl. The van der Waals surface area contributed by atoms with Crippen molar-refractivity contribution in [1.29, 1.82) is 0 Å². The van der Waals surface area contributed by atoms with Gasteiger partial charge in [0.25, 0.3) is 0 Å². The highest BCUT2D eigenvalue weighted by Crippen LogP contribution is 2.39. The zero-order chi connectivity index (χ0) is 26.3. The standard InChI is InChI=1S/C26H29ClFN7O2/c1-15-11-34(26-24(25(29)31-14-32-26)23(15)19-5-4-6-30-19)13-22(36)35-8-7-33(12-16(35)2)20-10-21(37-3)17(27)9-18(20)28/h4-6,9-10,14,16,30H,7-8,11-13H2,1-3H3,(H2,29,31,32)/t16-/m0/s1. The molecule has 194 valence electrons. The molecule has 1 saturated heterocycles. The number of hydrogen-bond acceptors (Lipinski definition) is 7. The number of nitrogen functional groups attached to an aromatic ring is 1. The second kappa shape index (κ2) is 9.93. The van der Waals surface area contributed by atoms with Crippen molar-refractivity contribution in [3.63, 3.8) is 0 Å². The molecule has 3 aromatic rings. The molecule has 1 fully saturated rings. The number of fused-ring (bicyclic) bond motifs is 1. The lowest BCUT2D eigenvalue weighted by molar-refractivity contribution is -0.132. The van der Waals surface area contributed by atoms with Crippen molar-refractivity contribution >= 4 is 40.4 Å². The zero-order valence-corrected chi connectivity index (χ0v) is 21.7. The summed E-state index contributed by atoms with van der Waals surface area (Å²) in [4.78, 5) is 31.2. The van der Waals surface area contributed by atoms with Crippen LogP contribution in [0.15, 0.2) is 42.4 Å². The van der Waals surface area contributed by atoms with Gasteiger partial charge in [-0.05, 0) is 37.6 Å². The van der Waals surface area contributed by atoms with E-state index in [2.05, 4.69) is 15.0 Å². The smallest absolute Gasteiger partial charge is 0.242 e. The molecule has 2 aliphatic heterocycles. The number of ether oxygens (including phenoxy) is 1. The summed E-state index contributed by atoms with van der Waals surface area (Å²) >= 11 is 6.06. The molecule has 0 spiro atoms. The number of carbonyl (C=O) groups excluding carboxylic acids is 1. The molecule has 4 heterocycles. The van der Waals surface area contributed by atoms with Crippen LogP contribution in [0.5, 0.6) is 5.75 Å². The van der Waals surface area contributed by atoms with Gasteiger partial charge in [-0.15, -0.1) is 0 Å². The van der Waals surface area contributed by atoms with Crippen LogP contribution in [0.2, 0.25) is 5.02 Å². The van der Waals surface area contributed by atoms with Crippen LogP contribution in [0.3, 0.4) is 0 Å². The molecule has 37 heavy (non-hydrogen) atoms. The Bertz CT molecular complexity index is 1360. The molecule has 11 heteroatoms. The van der Waals surface area contributed by atoms with E-state index in [4.69, 9.17) is 22.1 Å². The summed E-state index contributed by atoms with van der Waals surface area (Å²) in [6.45, 7) is 6.10. The Balaban J connectivity index is 1.34. The third-order valence-electron chi connectivity index (χ3n) is 6.96. The number of halogens is 2. The van der Waals surface area contributed by atoms with Gasteiger partial charge >= 0.3 is 0 Å². The molecule has 2 aromatic heterocycles. The number of nitrogens with one attached hydrogen (secondary N) is 1. The lowest BCUT2D eigenvalue weighted by Gasteiger charge is -2.42. The van der Waals surface area contributed by atoms with Crippen molar-refractivity contribution in [2.75, 3.05) is 55.4 Å². The molecule has 0 aliphatic carbocycles. The van der Waals surface area contributed by atoms with Gasteiger partial charge in [0.2, 0.25) is 5.91 Å². The number of nitrogens with zero attached hydrogens (tertiary/aromatic N) is 5. The number of benzene rings is 1. The Hall–Kier alpha value is -3.79. The molecule has 1 aromatic carbocycles. The zero-order valence-electron chi connectivity index (χ0n) is 21.0. The number of aromatic amines is 1. The molecular weight excluding hydrogens is 497 g/mol. The van der Waals surface area contributed by atoms with Crippen LogP contribution in [0.1, 0.15) is 25.1 Å². The number of nitrogens with two attached hydrogens (primary N) is 1. The first-order valence-corrected chi connectivity index (χ1v) is 12.4. The number of anilines is 3. The van der Waals surface area contributed by atoms with Crippen LogP contribution in [0.4, 0.5) is 21.7 Å². The van der Waals surface area contributed by atoms with Crippen LogP contribution in [0.25, 0.3) is 5.57 Å². The predicted molar refractivity (Wildman–Crippen MR) is 142 cm³/mol. The first-order chi connectivity index (χ1) is 17.8. The van der Waals surface area contributed by atoms with E-state index >= 15 is 0 Å². The quantitative estimate of drug-likeness (QED) is 0.525. The van der Waals surface area contributed by atoms with E-state index in [0.29, 0.717) is 49.3 Å². The fourth-order valence-electron chi connectivity index (χ4n) is 5.22. The van der Waals surface area contributed by atoms with Crippen molar-refractivity contribution < 1.29 is 13.9 Å². The average molecular weight is 526 g/mol. The summed E-state index contributed by atoms with van der Waals surface area (Å²) in [6, 6.07) is 6.64. The number of hydrogen-bond donors (Lipinski definition) is 2. The Morgan fingerprint density at radius 1 is 1.32 bits per heavy atom. The third kappa shape index (κ3) is 4.57. The average Bonchev–Trinajstić information content (AvgIpc) is 3.39. The number of rotatable bonds is 5. The van der Waals surface area contributed by atoms with E-state index in [1.807, 2.05) is 46.9 Å². The van der Waals surface area contributed by atoms with Gasteiger partial charge in [-0.2, -0.15) is 0 Å². The van der Waals surface area contributed by atoms with Crippen LogP contribution in [0, 0.1) is 5.82 Å². The molecule has 9 nitrogen and oxygen atoms in total. The normalized spacial score (nSPS) is 17.8. The van der Waals surface area contributed by atoms with Gasteiger partial charge < -0.3 is 30.2 Å². The van der Waals surface area contributed by atoms with E-state index in [1.165, 1.54) is 19.5 Å². The number of carbonyl (C=O) groups is 1. The molecule has 1 atom stereocenters. The van der Waals surface area contributed by atoms with Crippen LogP contribution < -0.4 is 20.3 Å². The summed E-state index contributed by atoms with van der Waals surface area (Å²) in [5, 5.41) is 0.223. The fourth-order valence-corrected chi connectivity index (χ4v) is 5.45. The van der Waals surface area contributed by atoms with Crippen molar-refractivity contribution in [3.8, 4) is 5.75 Å². The van der Waals surface area contributed by atoms with Crippen molar-refractivity contribution in [3.05, 3.63) is 64.5 Å². The van der Waals surface area contributed by atoms with E-state index < -0.39 is 5.82 Å². The highest BCUT2D eigenvalue weighted by molar-refractivity contribution is 6.32. The second-order valence-electron chi connectivity index (χ2n) is 9.37. The summed E-state index contributed by atoms with van der Waals surface area (Å²) < 4.78 is 19.9. The van der Waals surface area contributed by atoms with Gasteiger partial charge in [0.1, 0.15) is 29.5 Å². The fraction of sp³-hybridized carbons (Fsp3) is 0.346. The molecule has 0 bridgehead atoms. The minimum absolute atomic E-state index is 0.0273. The minimum atomic E-state index is -0.417. The van der Waals surface area contributed by atoms with Crippen molar-refractivity contribution in [1.82, 2.24) is 19.9 Å². The molecule has 3 N–H and O–H groups in total. The van der Waals surface area contributed by atoms with Gasteiger partial charge in [0.15, 0.2) is 0 Å². The second-order valence-corrected chi connectivity index (χ2v) is 9.78. The monoisotopic (exact) mass is 525 g/mol. The molecule has 0 saturated carbocycles. The van der Waals surface area contributed by atoms with Crippen LogP contribution >= 0.6 is 11.6 Å². The number of aromatic nitrogens is 3. The van der Waals surface area contributed by atoms with Gasteiger partial charge in [-0.1, -0.05) is 11.6 Å². The van der Waals surface area contributed by atoms with Gasteiger partial charge in [0.05, 0.1) is 29.9 Å². The maximum absolute atomic E-state index is 14.7. The maximum Gasteiger partial charge on any atom is 0.242 e. The van der Waals surface area contributed by atoms with Gasteiger partial charge in [-0.3, -0.25) is 4.79 Å². The molecule has 5 rings (SSSR count). The summed E-state index contributed by atoms with van der Waals surface area (Å²) in [5.41, 5.74) is 10.4. The van der Waals surface area contributed by atoms with E-state index in [0.717, 1.165) is 22.4 Å². The first kappa shape index (κ1) is 24.9. The number of methoxy groups -OCH3 is 1. The largest absolute Gasteiger partial charge is 0.495 e. The highest BCUT2D eigenvalue weighted by atomic mass is 35.5. The lowest BCUT2D eigenvalue weighted by Crippen LogP contribution is -2.56. The van der Waals surface area contributed by atoms with E-state index in [9.17, 15) is 9.18 Å². The predicted octanol–water partition coefficient (Wildman–Crippen LogP) is 3.57. The van der Waals surface area contributed by atoms with Gasteiger partial charge in [0, 0.05) is 55.8 Å². The molecule has 0 radical (unpaired) electrons. The number of H-pyrrole nitrogens is 1.